The van der Waals surface area contributed by atoms with E-state index in [9.17, 15) is 13.5 Å². The molecule has 0 saturated carbocycles. The van der Waals surface area contributed by atoms with Crippen LogP contribution in [0.2, 0.25) is 0 Å². The van der Waals surface area contributed by atoms with Crippen LogP contribution in [0.4, 0.5) is 0 Å². The SMILES string of the molecule is CCCCCCCCCCCCCCCCCCCCCCCC([O-])=NCCS(=O)(=O)O.[K+]. The third-order valence-electron chi connectivity index (χ3n) is 6.13. The molecule has 0 atom stereocenters. The molecule has 0 unspecified atom stereocenters. The van der Waals surface area contributed by atoms with Crippen molar-refractivity contribution >= 4 is 16.0 Å². The maximum absolute atomic E-state index is 11.5. The van der Waals surface area contributed by atoms with Crippen molar-refractivity contribution in [2.45, 2.75) is 148 Å². The van der Waals surface area contributed by atoms with Gasteiger partial charge in [-0.3, -0.25) is 4.55 Å². The van der Waals surface area contributed by atoms with E-state index in [2.05, 4.69) is 11.9 Å². The second-order valence-corrected chi connectivity index (χ2v) is 11.0. The smallest absolute Gasteiger partial charge is 0.862 e. The minimum Gasteiger partial charge on any atom is -0.862 e. The summed E-state index contributed by atoms with van der Waals surface area (Å²) in [5.41, 5.74) is 0. The molecule has 1 N–H and O–H groups in total. The third kappa shape index (κ3) is 33.0. The minimum absolute atomic E-state index is 0. The number of unbranched alkanes of at least 4 members (excludes halogenated alkanes) is 20. The van der Waals surface area contributed by atoms with Crippen molar-refractivity contribution in [3.05, 3.63) is 0 Å². The van der Waals surface area contributed by atoms with Crippen LogP contribution in [0.1, 0.15) is 148 Å². The second kappa shape index (κ2) is 27.6. The molecule has 33 heavy (non-hydrogen) atoms. The van der Waals surface area contributed by atoms with Gasteiger partial charge in [-0.1, -0.05) is 135 Å². The molecular formula is C26H52KNO4S. The van der Waals surface area contributed by atoms with Gasteiger partial charge in [-0.2, -0.15) is 8.42 Å². The summed E-state index contributed by atoms with van der Waals surface area (Å²) in [6.07, 6.45) is 28.4. The Morgan fingerprint density at radius 2 is 0.939 bits per heavy atom. The molecule has 192 valence electrons. The van der Waals surface area contributed by atoms with Crippen LogP contribution in [0.5, 0.6) is 0 Å². The summed E-state index contributed by atoms with van der Waals surface area (Å²) in [4.78, 5) is 3.65. The van der Waals surface area contributed by atoms with Crippen molar-refractivity contribution in [2.75, 3.05) is 12.3 Å². The van der Waals surface area contributed by atoms with Crippen LogP contribution in [-0.2, 0) is 10.1 Å². The fraction of sp³-hybridized carbons (Fsp3) is 0.962. The summed E-state index contributed by atoms with van der Waals surface area (Å²) in [5.74, 6) is -0.732. The monoisotopic (exact) mass is 513 g/mol. The zero-order valence-corrected chi connectivity index (χ0v) is 25.9. The molecule has 7 heteroatoms. The molecule has 0 spiro atoms. The van der Waals surface area contributed by atoms with Crippen molar-refractivity contribution in [2.24, 2.45) is 4.99 Å². The Balaban J connectivity index is 0. The van der Waals surface area contributed by atoms with Crippen molar-refractivity contribution < 1.29 is 69.5 Å². The van der Waals surface area contributed by atoms with Gasteiger partial charge in [0.05, 0.1) is 12.3 Å². The zero-order valence-electron chi connectivity index (χ0n) is 22.0. The molecule has 0 aromatic carbocycles. The molecule has 0 aliphatic heterocycles. The van der Waals surface area contributed by atoms with Gasteiger partial charge in [-0.25, -0.2) is 0 Å². The molecule has 0 fully saturated rings. The fourth-order valence-corrected chi connectivity index (χ4v) is 4.39. The Bertz CT molecular complexity index is 526. The molecule has 0 bridgehead atoms. The maximum Gasteiger partial charge on any atom is 1.00 e. The van der Waals surface area contributed by atoms with Crippen LogP contribution >= 0.6 is 0 Å². The summed E-state index contributed by atoms with van der Waals surface area (Å²) in [6, 6.07) is 0. The molecule has 0 rings (SSSR count). The van der Waals surface area contributed by atoms with Gasteiger partial charge in [0.2, 0.25) is 0 Å². The molecular weight excluding hydrogens is 461 g/mol. The Hall–Kier alpha value is 1.02. The Morgan fingerprint density at radius 1 is 0.636 bits per heavy atom. The summed E-state index contributed by atoms with van der Waals surface area (Å²) in [5, 5.41) is 11.5. The van der Waals surface area contributed by atoms with Crippen molar-refractivity contribution in [1.82, 2.24) is 0 Å². The van der Waals surface area contributed by atoms with Crippen molar-refractivity contribution in [1.29, 1.82) is 0 Å². The Morgan fingerprint density at radius 3 is 1.24 bits per heavy atom. The topological polar surface area (TPSA) is 89.8 Å². The predicted octanol–water partition coefficient (Wildman–Crippen LogP) is 4.24. The van der Waals surface area contributed by atoms with E-state index in [0.717, 1.165) is 19.3 Å². The molecule has 0 saturated heterocycles. The fourth-order valence-electron chi connectivity index (χ4n) is 4.07. The molecule has 0 amide bonds. The first-order valence-corrected chi connectivity index (χ1v) is 15.2. The average molecular weight is 514 g/mol. The van der Waals surface area contributed by atoms with E-state index in [1.165, 1.54) is 116 Å². The number of hydrogen-bond donors (Lipinski definition) is 1. The van der Waals surface area contributed by atoms with Gasteiger partial charge < -0.3 is 10.1 Å². The Kier molecular flexibility index (Phi) is 30.3. The summed E-state index contributed by atoms with van der Waals surface area (Å²) >= 11 is 0. The first-order chi connectivity index (χ1) is 15.5. The molecule has 0 aliphatic carbocycles. The molecule has 0 aromatic rings. The van der Waals surface area contributed by atoms with Crippen LogP contribution in [0, 0.1) is 0 Å². The molecule has 0 aliphatic rings. The second-order valence-electron chi connectivity index (χ2n) is 9.38. The first kappa shape index (κ1) is 36.2. The van der Waals surface area contributed by atoms with E-state index >= 15 is 0 Å². The summed E-state index contributed by atoms with van der Waals surface area (Å²) < 4.78 is 29.7. The van der Waals surface area contributed by atoms with E-state index in [1.807, 2.05) is 0 Å². The van der Waals surface area contributed by atoms with Gasteiger partial charge in [0, 0.05) is 0 Å². The van der Waals surface area contributed by atoms with Gasteiger partial charge >= 0.3 is 51.4 Å². The third-order valence-corrected chi connectivity index (χ3v) is 6.83. The molecule has 5 nitrogen and oxygen atoms in total. The average Bonchev–Trinajstić information content (AvgIpc) is 2.74. The van der Waals surface area contributed by atoms with Crippen LogP contribution in [-0.4, -0.2) is 31.2 Å². The number of aliphatic imine (C=N–C) groups is 1. The van der Waals surface area contributed by atoms with E-state index in [-0.39, 0.29) is 63.8 Å². The van der Waals surface area contributed by atoms with Crippen LogP contribution in [0.3, 0.4) is 0 Å². The van der Waals surface area contributed by atoms with Crippen LogP contribution in [0.25, 0.3) is 0 Å². The number of nitrogens with zero attached hydrogens (tertiary/aromatic N) is 1. The zero-order chi connectivity index (χ0) is 23.8. The maximum atomic E-state index is 11.5. The van der Waals surface area contributed by atoms with E-state index in [4.69, 9.17) is 4.55 Å². The van der Waals surface area contributed by atoms with E-state index in [0.29, 0.717) is 6.42 Å². The van der Waals surface area contributed by atoms with E-state index in [1.54, 1.807) is 0 Å². The van der Waals surface area contributed by atoms with Gasteiger partial charge in [0.1, 0.15) is 0 Å². The van der Waals surface area contributed by atoms with Crippen LogP contribution < -0.4 is 56.5 Å². The standard InChI is InChI=1S/C26H53NO4S.K/c1-2-3-4-5-6-7-8-9-10-11-12-13-14-15-16-17-18-19-20-21-22-23-26(28)27-24-25-32(29,30)31;/h2-25H2,1H3,(H,27,28)(H,29,30,31);/q;+1/p-1. The summed E-state index contributed by atoms with van der Waals surface area (Å²) in [6.45, 7) is 2.14. The van der Waals surface area contributed by atoms with Crippen molar-refractivity contribution in [3.63, 3.8) is 0 Å². The number of rotatable bonds is 25. The molecule has 0 aromatic heterocycles. The summed E-state index contributed by atoms with van der Waals surface area (Å²) in [7, 11) is -4.02. The molecule has 0 heterocycles. The normalized spacial score (nSPS) is 12.1. The van der Waals surface area contributed by atoms with Crippen LogP contribution in [0.15, 0.2) is 4.99 Å². The molecule has 0 radical (unpaired) electrons. The van der Waals surface area contributed by atoms with Gasteiger partial charge in [0.15, 0.2) is 0 Å². The Labute approximate surface area is 248 Å². The van der Waals surface area contributed by atoms with E-state index < -0.39 is 15.9 Å². The van der Waals surface area contributed by atoms with Gasteiger partial charge in [0.25, 0.3) is 10.1 Å². The largest absolute Gasteiger partial charge is 1.00 e. The predicted molar refractivity (Wildman–Crippen MR) is 136 cm³/mol. The number of hydrogen-bond acceptors (Lipinski definition) is 4. The quantitative estimate of drug-likeness (QED) is 0.0650. The first-order valence-electron chi connectivity index (χ1n) is 13.6. The van der Waals surface area contributed by atoms with Crippen molar-refractivity contribution in [3.8, 4) is 0 Å². The minimum atomic E-state index is -4.02. The van der Waals surface area contributed by atoms with Gasteiger partial charge in [-0.05, 0) is 18.7 Å². The van der Waals surface area contributed by atoms with Gasteiger partial charge in [-0.15, -0.1) is 0 Å².